The molecule has 0 fully saturated rings. The number of halogens is 2. The van der Waals surface area contributed by atoms with E-state index >= 15 is 0 Å². The summed E-state index contributed by atoms with van der Waals surface area (Å²) in [6, 6.07) is 17.4. The zero-order valence-electron chi connectivity index (χ0n) is 19.6. The Labute approximate surface area is 212 Å². The Kier molecular flexibility index (Phi) is 7.73. The summed E-state index contributed by atoms with van der Waals surface area (Å²) < 4.78 is 15.2. The lowest BCUT2D eigenvalue weighted by Gasteiger charge is -2.15. The maximum atomic E-state index is 13.3. The molecule has 3 aromatic carbocycles. The van der Waals surface area contributed by atoms with Gasteiger partial charge in [0.25, 0.3) is 0 Å². The summed E-state index contributed by atoms with van der Waals surface area (Å²) in [5.74, 6) is 0.871. The molecule has 0 spiro atoms. The van der Waals surface area contributed by atoms with Crippen molar-refractivity contribution in [3.63, 3.8) is 0 Å². The molecular weight excluding hydrogens is 485 g/mol. The molecule has 1 aromatic heterocycles. The standard InChI is InChI=1S/C26H25ClFN5OS/c1-16-5-4-6-22(18(16)3)30-25(34)29-14-24-31-32-26(35-15-19-8-11-21(28)12-9-19)33(24)23-13-20(27)10-7-17(23)2/h4-13H,14-15H2,1-3H3,(H2,29,30,34). The Balaban J connectivity index is 1.56. The molecule has 6 nitrogen and oxygen atoms in total. The molecule has 35 heavy (non-hydrogen) atoms. The van der Waals surface area contributed by atoms with Crippen molar-refractivity contribution in [1.29, 1.82) is 0 Å². The van der Waals surface area contributed by atoms with Gasteiger partial charge in [-0.25, -0.2) is 9.18 Å². The van der Waals surface area contributed by atoms with E-state index in [1.165, 1.54) is 23.9 Å². The average molecular weight is 510 g/mol. The first-order valence-electron chi connectivity index (χ1n) is 11.0. The molecule has 4 aromatic rings. The summed E-state index contributed by atoms with van der Waals surface area (Å²) in [5.41, 5.74) is 5.64. The summed E-state index contributed by atoms with van der Waals surface area (Å²) in [6.45, 7) is 6.10. The largest absolute Gasteiger partial charge is 0.331 e. The first kappa shape index (κ1) is 24.8. The molecule has 4 rings (SSSR count). The number of anilines is 1. The quantitative estimate of drug-likeness (QED) is 0.275. The van der Waals surface area contributed by atoms with E-state index in [1.54, 1.807) is 12.1 Å². The Morgan fingerprint density at radius 2 is 1.80 bits per heavy atom. The van der Waals surface area contributed by atoms with Crippen LogP contribution in [0.5, 0.6) is 0 Å². The Hall–Kier alpha value is -3.36. The number of benzene rings is 3. The van der Waals surface area contributed by atoms with Crippen molar-refractivity contribution in [3.05, 3.63) is 99.6 Å². The van der Waals surface area contributed by atoms with E-state index in [2.05, 4.69) is 20.8 Å². The lowest BCUT2D eigenvalue weighted by molar-refractivity contribution is 0.251. The number of carbonyl (C=O) groups excluding carboxylic acids is 1. The van der Waals surface area contributed by atoms with Crippen LogP contribution >= 0.6 is 23.4 Å². The van der Waals surface area contributed by atoms with Crippen LogP contribution < -0.4 is 10.6 Å². The van der Waals surface area contributed by atoms with E-state index in [0.717, 1.165) is 33.6 Å². The second-order valence-electron chi connectivity index (χ2n) is 8.14. The van der Waals surface area contributed by atoms with Crippen LogP contribution in [0.15, 0.2) is 65.8 Å². The molecule has 0 aliphatic carbocycles. The summed E-state index contributed by atoms with van der Waals surface area (Å²) in [6.07, 6.45) is 0. The Morgan fingerprint density at radius 3 is 2.57 bits per heavy atom. The smallest absolute Gasteiger partial charge is 0.319 e. The Morgan fingerprint density at radius 1 is 1.03 bits per heavy atom. The van der Waals surface area contributed by atoms with Gasteiger partial charge in [0.1, 0.15) is 5.82 Å². The second kappa shape index (κ2) is 10.9. The van der Waals surface area contributed by atoms with Gasteiger partial charge >= 0.3 is 6.03 Å². The molecule has 0 aliphatic heterocycles. The van der Waals surface area contributed by atoms with Gasteiger partial charge in [-0.2, -0.15) is 0 Å². The number of urea groups is 1. The molecule has 0 bridgehead atoms. The maximum Gasteiger partial charge on any atom is 0.319 e. The number of hydrogen-bond donors (Lipinski definition) is 2. The third-order valence-electron chi connectivity index (χ3n) is 5.65. The van der Waals surface area contributed by atoms with Crippen molar-refractivity contribution in [2.75, 3.05) is 5.32 Å². The van der Waals surface area contributed by atoms with Crippen LogP contribution in [0.4, 0.5) is 14.9 Å². The molecular formula is C26H25ClFN5OS. The fourth-order valence-electron chi connectivity index (χ4n) is 3.51. The van der Waals surface area contributed by atoms with Gasteiger partial charge < -0.3 is 10.6 Å². The van der Waals surface area contributed by atoms with Gasteiger partial charge in [0.05, 0.1) is 12.2 Å². The van der Waals surface area contributed by atoms with Gasteiger partial charge in [0.15, 0.2) is 11.0 Å². The number of hydrogen-bond acceptors (Lipinski definition) is 4. The molecule has 9 heteroatoms. The van der Waals surface area contributed by atoms with Gasteiger partial charge in [-0.3, -0.25) is 4.57 Å². The van der Waals surface area contributed by atoms with Crippen molar-refractivity contribution in [3.8, 4) is 5.69 Å². The zero-order chi connectivity index (χ0) is 24.9. The van der Waals surface area contributed by atoms with Crippen LogP contribution in [0.25, 0.3) is 5.69 Å². The van der Waals surface area contributed by atoms with E-state index in [0.29, 0.717) is 21.8 Å². The SMILES string of the molecule is Cc1ccc(Cl)cc1-n1c(CNC(=O)Nc2cccc(C)c2C)nnc1SCc1ccc(F)cc1. The van der Waals surface area contributed by atoms with Crippen molar-refractivity contribution >= 4 is 35.1 Å². The van der Waals surface area contributed by atoms with Gasteiger partial charge in [-0.05, 0) is 73.4 Å². The third-order valence-corrected chi connectivity index (χ3v) is 6.89. The Bertz CT molecular complexity index is 1360. The van der Waals surface area contributed by atoms with Crippen molar-refractivity contribution < 1.29 is 9.18 Å². The summed E-state index contributed by atoms with van der Waals surface area (Å²) in [4.78, 5) is 12.6. The molecule has 180 valence electrons. The minimum absolute atomic E-state index is 0.159. The molecule has 0 unspecified atom stereocenters. The van der Waals surface area contributed by atoms with Crippen LogP contribution in [0, 0.1) is 26.6 Å². The minimum atomic E-state index is -0.336. The number of carbonyl (C=O) groups is 1. The van der Waals surface area contributed by atoms with Crippen LogP contribution in [-0.4, -0.2) is 20.8 Å². The summed E-state index contributed by atoms with van der Waals surface area (Å²) >= 11 is 7.77. The van der Waals surface area contributed by atoms with Crippen LogP contribution in [0.3, 0.4) is 0 Å². The molecule has 0 atom stereocenters. The van der Waals surface area contributed by atoms with E-state index < -0.39 is 0 Å². The van der Waals surface area contributed by atoms with Gasteiger partial charge in [0.2, 0.25) is 0 Å². The number of nitrogens with zero attached hydrogens (tertiary/aromatic N) is 3. The van der Waals surface area contributed by atoms with Gasteiger partial charge in [-0.15, -0.1) is 10.2 Å². The van der Waals surface area contributed by atoms with E-state index in [9.17, 15) is 9.18 Å². The van der Waals surface area contributed by atoms with E-state index in [1.807, 2.05) is 61.7 Å². The predicted molar refractivity (Wildman–Crippen MR) is 139 cm³/mol. The first-order valence-corrected chi connectivity index (χ1v) is 12.4. The topological polar surface area (TPSA) is 71.8 Å². The lowest BCUT2D eigenvalue weighted by atomic mass is 10.1. The molecule has 0 saturated carbocycles. The normalized spacial score (nSPS) is 10.9. The first-order chi connectivity index (χ1) is 16.8. The van der Waals surface area contributed by atoms with Crippen molar-refractivity contribution in [2.45, 2.75) is 38.2 Å². The minimum Gasteiger partial charge on any atom is -0.331 e. The van der Waals surface area contributed by atoms with Crippen molar-refractivity contribution in [1.82, 2.24) is 20.1 Å². The van der Waals surface area contributed by atoms with Crippen LogP contribution in [-0.2, 0) is 12.3 Å². The number of aromatic nitrogens is 3. The molecule has 0 radical (unpaired) electrons. The summed E-state index contributed by atoms with van der Waals surface area (Å²) in [5, 5.41) is 15.7. The van der Waals surface area contributed by atoms with Crippen molar-refractivity contribution in [2.24, 2.45) is 0 Å². The van der Waals surface area contributed by atoms with Gasteiger partial charge in [0, 0.05) is 16.5 Å². The average Bonchev–Trinajstić information content (AvgIpc) is 3.24. The van der Waals surface area contributed by atoms with E-state index in [4.69, 9.17) is 11.6 Å². The second-order valence-corrected chi connectivity index (χ2v) is 9.51. The highest BCUT2D eigenvalue weighted by molar-refractivity contribution is 7.98. The number of rotatable bonds is 7. The fraction of sp³-hybridized carbons (Fsp3) is 0.192. The summed E-state index contributed by atoms with van der Waals surface area (Å²) in [7, 11) is 0. The molecule has 0 saturated heterocycles. The number of amides is 2. The predicted octanol–water partition coefficient (Wildman–Crippen LogP) is 6.60. The highest BCUT2D eigenvalue weighted by Gasteiger charge is 2.18. The highest BCUT2D eigenvalue weighted by atomic mass is 35.5. The van der Waals surface area contributed by atoms with Crippen LogP contribution in [0.2, 0.25) is 5.02 Å². The lowest BCUT2D eigenvalue weighted by Crippen LogP contribution is -2.29. The third kappa shape index (κ3) is 6.01. The monoisotopic (exact) mass is 509 g/mol. The fourth-order valence-corrected chi connectivity index (χ4v) is 4.60. The molecule has 0 aliphatic rings. The number of nitrogens with one attached hydrogen (secondary N) is 2. The maximum absolute atomic E-state index is 13.3. The van der Waals surface area contributed by atoms with Crippen LogP contribution in [0.1, 0.15) is 28.1 Å². The number of thioether (sulfide) groups is 1. The molecule has 2 N–H and O–H groups in total. The van der Waals surface area contributed by atoms with Gasteiger partial charge in [-0.1, -0.05) is 53.7 Å². The molecule has 2 amide bonds. The highest BCUT2D eigenvalue weighted by Crippen LogP contribution is 2.28. The zero-order valence-corrected chi connectivity index (χ0v) is 21.2. The van der Waals surface area contributed by atoms with E-state index in [-0.39, 0.29) is 18.4 Å². The number of aryl methyl sites for hydroxylation is 2. The molecule has 1 heterocycles.